The Morgan fingerprint density at radius 1 is 1.47 bits per heavy atom. The van der Waals surface area contributed by atoms with Gasteiger partial charge in [-0.3, -0.25) is 4.79 Å². The monoisotopic (exact) mass is 281 g/mol. The number of halogens is 1. The highest BCUT2D eigenvalue weighted by molar-refractivity contribution is 6.30. The largest absolute Gasteiger partial charge is 0.360 e. The molecule has 0 aliphatic carbocycles. The van der Waals surface area contributed by atoms with Crippen molar-refractivity contribution in [2.45, 2.75) is 26.4 Å². The molecule has 2 rings (SSSR count). The summed E-state index contributed by atoms with van der Waals surface area (Å²) in [5.74, 6) is 0.0731. The van der Waals surface area contributed by atoms with Crippen LogP contribution in [-0.2, 0) is 11.3 Å². The molecule has 0 aromatic heterocycles. The topological polar surface area (TPSA) is 44.4 Å². The Bertz CT molecular complexity index is 462. The molecule has 1 saturated heterocycles. The number of hydrogen-bond acceptors (Lipinski definition) is 3. The molecule has 1 fully saturated rings. The zero-order chi connectivity index (χ0) is 13.8. The van der Waals surface area contributed by atoms with E-state index in [1.165, 1.54) is 0 Å². The fourth-order valence-corrected chi connectivity index (χ4v) is 2.36. The molecule has 1 heterocycles. The summed E-state index contributed by atoms with van der Waals surface area (Å²) in [6, 6.07) is 6.26. The molecule has 0 unspecified atom stereocenters. The van der Waals surface area contributed by atoms with E-state index in [4.69, 9.17) is 11.6 Å². The van der Waals surface area contributed by atoms with Crippen LogP contribution in [0.3, 0.4) is 0 Å². The number of anilines is 1. The fourth-order valence-electron chi connectivity index (χ4n) is 2.16. The second-order valence-electron chi connectivity index (χ2n) is 5.08. The lowest BCUT2D eigenvalue weighted by atomic mass is 10.1. The predicted molar refractivity (Wildman–Crippen MR) is 78.7 cm³/mol. The van der Waals surface area contributed by atoms with E-state index in [-0.39, 0.29) is 5.91 Å². The molecule has 0 saturated carbocycles. The van der Waals surface area contributed by atoms with Gasteiger partial charge in [-0.1, -0.05) is 25.4 Å². The third-order valence-electron chi connectivity index (χ3n) is 3.12. The molecule has 104 valence electrons. The minimum atomic E-state index is 0.0731. The lowest BCUT2D eigenvalue weighted by molar-refractivity contribution is -0.120. The van der Waals surface area contributed by atoms with Crippen LogP contribution in [0.25, 0.3) is 0 Å². The number of hydrogen-bond donors (Lipinski definition) is 2. The third-order valence-corrected chi connectivity index (χ3v) is 3.36. The normalized spacial score (nSPS) is 15.8. The molecule has 1 amide bonds. The highest BCUT2D eigenvalue weighted by Crippen LogP contribution is 2.25. The van der Waals surface area contributed by atoms with E-state index in [2.05, 4.69) is 29.4 Å². The average molecular weight is 282 g/mol. The van der Waals surface area contributed by atoms with Gasteiger partial charge in [0.25, 0.3) is 0 Å². The molecule has 0 atom stereocenters. The van der Waals surface area contributed by atoms with Crippen LogP contribution in [-0.4, -0.2) is 31.6 Å². The molecule has 19 heavy (non-hydrogen) atoms. The summed E-state index contributed by atoms with van der Waals surface area (Å²) in [6.07, 6.45) is 0. The molecule has 2 N–H and O–H groups in total. The minimum Gasteiger partial charge on any atom is -0.360 e. The van der Waals surface area contributed by atoms with Gasteiger partial charge in [0.2, 0.25) is 5.91 Å². The second kappa shape index (κ2) is 6.26. The first-order chi connectivity index (χ1) is 9.06. The number of carbonyl (C=O) groups excluding carboxylic acids is 1. The molecule has 0 spiro atoms. The number of amides is 1. The molecule has 1 aliphatic heterocycles. The van der Waals surface area contributed by atoms with E-state index in [1.54, 1.807) is 0 Å². The maximum absolute atomic E-state index is 11.5. The number of nitrogens with one attached hydrogen (secondary N) is 2. The summed E-state index contributed by atoms with van der Waals surface area (Å²) < 4.78 is 0. The van der Waals surface area contributed by atoms with Crippen LogP contribution in [0, 0.1) is 0 Å². The van der Waals surface area contributed by atoms with Crippen molar-refractivity contribution in [1.82, 2.24) is 10.6 Å². The van der Waals surface area contributed by atoms with Crippen molar-refractivity contribution < 1.29 is 4.79 Å². The van der Waals surface area contributed by atoms with Crippen LogP contribution in [0.5, 0.6) is 0 Å². The standard InChI is InChI=1S/C14H20ClN3O/c1-10(2)17-8-11-7-12(15)3-4-13(11)18-6-5-16-14(19)9-18/h3-4,7,10,17H,5-6,8-9H2,1-2H3,(H,16,19). The average Bonchev–Trinajstić information content (AvgIpc) is 2.36. The number of rotatable bonds is 4. The van der Waals surface area contributed by atoms with Crippen molar-refractivity contribution >= 4 is 23.2 Å². The van der Waals surface area contributed by atoms with E-state index in [1.807, 2.05) is 18.2 Å². The van der Waals surface area contributed by atoms with E-state index < -0.39 is 0 Å². The molecule has 1 aliphatic rings. The lowest BCUT2D eigenvalue weighted by Crippen LogP contribution is -2.48. The quantitative estimate of drug-likeness (QED) is 0.884. The first-order valence-corrected chi connectivity index (χ1v) is 6.97. The number of carbonyl (C=O) groups is 1. The molecule has 4 nitrogen and oxygen atoms in total. The predicted octanol–water partition coefficient (Wildman–Crippen LogP) is 1.77. The smallest absolute Gasteiger partial charge is 0.239 e. The summed E-state index contributed by atoms with van der Waals surface area (Å²) in [4.78, 5) is 13.6. The summed E-state index contributed by atoms with van der Waals surface area (Å²) >= 11 is 6.07. The Morgan fingerprint density at radius 3 is 2.95 bits per heavy atom. The van der Waals surface area contributed by atoms with Crippen molar-refractivity contribution in [3.05, 3.63) is 28.8 Å². The first-order valence-electron chi connectivity index (χ1n) is 6.59. The maximum Gasteiger partial charge on any atom is 0.239 e. The van der Waals surface area contributed by atoms with Crippen molar-refractivity contribution in [3.63, 3.8) is 0 Å². The van der Waals surface area contributed by atoms with Gasteiger partial charge in [-0.05, 0) is 23.8 Å². The van der Waals surface area contributed by atoms with Crippen molar-refractivity contribution in [2.24, 2.45) is 0 Å². The Kier molecular flexibility index (Phi) is 4.66. The Balaban J connectivity index is 2.20. The van der Waals surface area contributed by atoms with Gasteiger partial charge < -0.3 is 15.5 Å². The van der Waals surface area contributed by atoms with E-state index in [0.717, 1.165) is 29.4 Å². The van der Waals surface area contributed by atoms with Gasteiger partial charge in [-0.15, -0.1) is 0 Å². The molecule has 1 aromatic carbocycles. The van der Waals surface area contributed by atoms with Gasteiger partial charge in [0.15, 0.2) is 0 Å². The van der Waals surface area contributed by atoms with Crippen molar-refractivity contribution in [2.75, 3.05) is 24.5 Å². The lowest BCUT2D eigenvalue weighted by Gasteiger charge is -2.30. The zero-order valence-corrected chi connectivity index (χ0v) is 12.1. The van der Waals surface area contributed by atoms with Gasteiger partial charge in [0, 0.05) is 36.4 Å². The van der Waals surface area contributed by atoms with Gasteiger partial charge in [0.1, 0.15) is 0 Å². The molecule has 0 radical (unpaired) electrons. The van der Waals surface area contributed by atoms with E-state index in [9.17, 15) is 4.79 Å². The van der Waals surface area contributed by atoms with E-state index >= 15 is 0 Å². The van der Waals surface area contributed by atoms with Gasteiger partial charge in [0.05, 0.1) is 6.54 Å². The Labute approximate surface area is 119 Å². The Hall–Kier alpha value is -1.26. The highest BCUT2D eigenvalue weighted by Gasteiger charge is 2.19. The van der Waals surface area contributed by atoms with Gasteiger partial charge >= 0.3 is 0 Å². The van der Waals surface area contributed by atoms with Crippen molar-refractivity contribution in [1.29, 1.82) is 0 Å². The molecule has 5 heteroatoms. The zero-order valence-electron chi connectivity index (χ0n) is 11.4. The molecule has 0 bridgehead atoms. The number of nitrogens with zero attached hydrogens (tertiary/aromatic N) is 1. The molecular weight excluding hydrogens is 262 g/mol. The van der Waals surface area contributed by atoms with Crippen LogP contribution in [0.4, 0.5) is 5.69 Å². The van der Waals surface area contributed by atoms with Crippen LogP contribution >= 0.6 is 11.6 Å². The maximum atomic E-state index is 11.5. The molecule has 1 aromatic rings. The summed E-state index contributed by atoms with van der Waals surface area (Å²) in [7, 11) is 0. The van der Waals surface area contributed by atoms with Gasteiger partial charge in [-0.2, -0.15) is 0 Å². The molecular formula is C14H20ClN3O. The highest BCUT2D eigenvalue weighted by atomic mass is 35.5. The fraction of sp³-hybridized carbons (Fsp3) is 0.500. The summed E-state index contributed by atoms with van der Waals surface area (Å²) in [6.45, 7) is 6.92. The summed E-state index contributed by atoms with van der Waals surface area (Å²) in [5.41, 5.74) is 2.23. The van der Waals surface area contributed by atoms with Crippen LogP contribution in [0.1, 0.15) is 19.4 Å². The first kappa shape index (κ1) is 14.2. The van der Waals surface area contributed by atoms with Gasteiger partial charge in [-0.25, -0.2) is 0 Å². The van der Waals surface area contributed by atoms with Crippen LogP contribution < -0.4 is 15.5 Å². The number of benzene rings is 1. The van der Waals surface area contributed by atoms with Crippen LogP contribution in [0.2, 0.25) is 5.02 Å². The second-order valence-corrected chi connectivity index (χ2v) is 5.52. The Morgan fingerprint density at radius 2 is 2.26 bits per heavy atom. The minimum absolute atomic E-state index is 0.0731. The van der Waals surface area contributed by atoms with Crippen LogP contribution in [0.15, 0.2) is 18.2 Å². The SMILES string of the molecule is CC(C)NCc1cc(Cl)ccc1N1CCNC(=O)C1. The summed E-state index contributed by atoms with van der Waals surface area (Å²) in [5, 5.41) is 6.96. The number of piperazine rings is 1. The third kappa shape index (κ3) is 3.85. The van der Waals surface area contributed by atoms with E-state index in [0.29, 0.717) is 19.1 Å². The van der Waals surface area contributed by atoms with Crippen molar-refractivity contribution in [3.8, 4) is 0 Å².